The number of hydrogen-bond acceptors (Lipinski definition) is 4. The maximum absolute atomic E-state index is 11.3. The van der Waals surface area contributed by atoms with Gasteiger partial charge in [-0.2, -0.15) is 0 Å². The molecule has 0 aliphatic rings. The lowest BCUT2D eigenvalue weighted by molar-refractivity contribution is -0.149. The van der Waals surface area contributed by atoms with E-state index in [0.29, 0.717) is 13.0 Å². The van der Waals surface area contributed by atoms with Crippen LogP contribution in [0.15, 0.2) is 0 Å². The number of carboxylic acids is 1. The van der Waals surface area contributed by atoms with Crippen LogP contribution in [-0.2, 0) is 14.3 Å². The lowest BCUT2D eigenvalue weighted by Gasteiger charge is -2.27. The van der Waals surface area contributed by atoms with Crippen molar-refractivity contribution >= 4 is 11.9 Å². The molecule has 0 aliphatic heterocycles. The van der Waals surface area contributed by atoms with Gasteiger partial charge in [0.1, 0.15) is 11.6 Å². The molecule has 0 aromatic carbocycles. The molecule has 0 saturated heterocycles. The summed E-state index contributed by atoms with van der Waals surface area (Å²) in [5.74, 6) is -1.40. The molecule has 0 saturated carbocycles. The highest BCUT2D eigenvalue weighted by molar-refractivity contribution is 5.81. The van der Waals surface area contributed by atoms with E-state index in [1.165, 1.54) is 0 Å². The summed E-state index contributed by atoms with van der Waals surface area (Å²) in [5, 5.41) is 11.7. The SMILES string of the molecule is CCOC(=O)C(C)NC(C)(CC)C(=O)O. The summed E-state index contributed by atoms with van der Waals surface area (Å²) in [7, 11) is 0. The lowest BCUT2D eigenvalue weighted by atomic mass is 9.98. The first-order valence-corrected chi connectivity index (χ1v) is 5.05. The van der Waals surface area contributed by atoms with Crippen molar-refractivity contribution < 1.29 is 19.4 Å². The highest BCUT2D eigenvalue weighted by Crippen LogP contribution is 2.10. The number of carbonyl (C=O) groups is 2. The van der Waals surface area contributed by atoms with Gasteiger partial charge in [0.2, 0.25) is 0 Å². The third-order valence-electron chi connectivity index (χ3n) is 2.35. The van der Waals surface area contributed by atoms with Crippen LogP contribution in [0.2, 0.25) is 0 Å². The molecule has 0 rings (SSSR count). The average molecular weight is 217 g/mol. The molecule has 0 aromatic heterocycles. The molecule has 0 spiro atoms. The van der Waals surface area contributed by atoms with Crippen LogP contribution in [0.5, 0.6) is 0 Å². The molecule has 2 N–H and O–H groups in total. The number of carboxylic acid groups (broad SMARTS) is 1. The minimum absolute atomic E-state index is 0.292. The second kappa shape index (κ2) is 5.70. The summed E-state index contributed by atoms with van der Waals surface area (Å²) in [5.41, 5.74) is -1.09. The van der Waals surface area contributed by atoms with E-state index in [0.717, 1.165) is 0 Å². The third-order valence-corrected chi connectivity index (χ3v) is 2.35. The van der Waals surface area contributed by atoms with Crippen molar-refractivity contribution in [3.05, 3.63) is 0 Å². The van der Waals surface area contributed by atoms with Crippen LogP contribution in [0.3, 0.4) is 0 Å². The van der Waals surface area contributed by atoms with Gasteiger partial charge in [-0.3, -0.25) is 14.9 Å². The van der Waals surface area contributed by atoms with Gasteiger partial charge < -0.3 is 9.84 Å². The lowest BCUT2D eigenvalue weighted by Crippen LogP contribution is -2.55. The second-order valence-corrected chi connectivity index (χ2v) is 3.61. The van der Waals surface area contributed by atoms with Gasteiger partial charge in [0, 0.05) is 0 Å². The molecule has 0 bridgehead atoms. The van der Waals surface area contributed by atoms with Crippen molar-refractivity contribution in [2.45, 2.75) is 45.7 Å². The summed E-state index contributed by atoms with van der Waals surface area (Å²) in [4.78, 5) is 22.2. The Hall–Kier alpha value is -1.10. The molecule has 0 amide bonds. The fourth-order valence-corrected chi connectivity index (χ4v) is 1.12. The molecule has 5 heteroatoms. The first-order chi connectivity index (χ1) is 6.87. The van der Waals surface area contributed by atoms with E-state index in [9.17, 15) is 9.59 Å². The van der Waals surface area contributed by atoms with E-state index in [-0.39, 0.29) is 0 Å². The highest BCUT2D eigenvalue weighted by atomic mass is 16.5. The van der Waals surface area contributed by atoms with Crippen molar-refractivity contribution in [1.82, 2.24) is 5.32 Å². The first kappa shape index (κ1) is 13.9. The standard InChI is InChI=1S/C10H19NO4/c1-5-10(4,9(13)14)11-7(3)8(12)15-6-2/h7,11H,5-6H2,1-4H3,(H,13,14). The minimum atomic E-state index is -1.09. The van der Waals surface area contributed by atoms with Gasteiger partial charge in [0.15, 0.2) is 0 Å². The Bertz CT molecular complexity index is 242. The van der Waals surface area contributed by atoms with Crippen LogP contribution >= 0.6 is 0 Å². The van der Waals surface area contributed by atoms with E-state index < -0.39 is 23.5 Å². The van der Waals surface area contributed by atoms with E-state index in [1.54, 1.807) is 27.7 Å². The molecular formula is C10H19NO4. The third kappa shape index (κ3) is 3.87. The van der Waals surface area contributed by atoms with Crippen molar-refractivity contribution in [3.63, 3.8) is 0 Å². The van der Waals surface area contributed by atoms with Crippen LogP contribution in [0.1, 0.15) is 34.1 Å². The van der Waals surface area contributed by atoms with Gasteiger partial charge in [0.25, 0.3) is 0 Å². The number of esters is 1. The van der Waals surface area contributed by atoms with Crippen LogP contribution in [0, 0.1) is 0 Å². The summed E-state index contributed by atoms with van der Waals surface area (Å²) in [6.45, 7) is 6.89. The zero-order valence-electron chi connectivity index (χ0n) is 9.66. The van der Waals surface area contributed by atoms with Crippen LogP contribution in [-0.4, -0.2) is 35.2 Å². The smallest absolute Gasteiger partial charge is 0.323 e. The molecule has 88 valence electrons. The Morgan fingerprint density at radius 2 is 2.00 bits per heavy atom. The van der Waals surface area contributed by atoms with Crippen molar-refractivity contribution in [2.24, 2.45) is 0 Å². The number of ether oxygens (including phenoxy) is 1. The maximum atomic E-state index is 11.3. The molecule has 2 atom stereocenters. The summed E-state index contributed by atoms with van der Waals surface area (Å²) < 4.78 is 4.78. The maximum Gasteiger partial charge on any atom is 0.323 e. The largest absolute Gasteiger partial charge is 0.480 e. The van der Waals surface area contributed by atoms with E-state index in [4.69, 9.17) is 9.84 Å². The number of carbonyl (C=O) groups excluding carboxylic acids is 1. The zero-order valence-corrected chi connectivity index (χ0v) is 9.66. The van der Waals surface area contributed by atoms with Crippen LogP contribution in [0.4, 0.5) is 0 Å². The van der Waals surface area contributed by atoms with E-state index in [1.807, 2.05) is 0 Å². The molecule has 0 fully saturated rings. The van der Waals surface area contributed by atoms with Crippen LogP contribution in [0.25, 0.3) is 0 Å². The van der Waals surface area contributed by atoms with Gasteiger partial charge >= 0.3 is 11.9 Å². The monoisotopic (exact) mass is 217 g/mol. The number of rotatable bonds is 6. The molecule has 5 nitrogen and oxygen atoms in total. The van der Waals surface area contributed by atoms with Gasteiger partial charge in [0.05, 0.1) is 6.61 Å². The molecule has 0 aliphatic carbocycles. The van der Waals surface area contributed by atoms with Crippen molar-refractivity contribution in [1.29, 1.82) is 0 Å². The Balaban J connectivity index is 4.42. The number of aliphatic carboxylic acids is 1. The molecule has 0 radical (unpaired) electrons. The van der Waals surface area contributed by atoms with Crippen molar-refractivity contribution in [3.8, 4) is 0 Å². The Labute approximate surface area is 89.8 Å². The Morgan fingerprint density at radius 3 is 2.33 bits per heavy atom. The fourth-order valence-electron chi connectivity index (χ4n) is 1.12. The van der Waals surface area contributed by atoms with Crippen LogP contribution < -0.4 is 5.32 Å². The molecule has 15 heavy (non-hydrogen) atoms. The van der Waals surface area contributed by atoms with Gasteiger partial charge in [-0.15, -0.1) is 0 Å². The molecule has 0 aromatic rings. The second-order valence-electron chi connectivity index (χ2n) is 3.61. The first-order valence-electron chi connectivity index (χ1n) is 5.05. The van der Waals surface area contributed by atoms with E-state index >= 15 is 0 Å². The molecular weight excluding hydrogens is 198 g/mol. The summed E-state index contributed by atoms with van der Waals surface area (Å²) in [6, 6.07) is -0.619. The predicted molar refractivity (Wildman–Crippen MR) is 55.6 cm³/mol. The zero-order chi connectivity index (χ0) is 12.1. The average Bonchev–Trinajstić information content (AvgIpc) is 2.17. The topological polar surface area (TPSA) is 75.6 Å². The van der Waals surface area contributed by atoms with Gasteiger partial charge in [-0.05, 0) is 27.2 Å². The fraction of sp³-hybridized carbons (Fsp3) is 0.800. The quantitative estimate of drug-likeness (QED) is 0.643. The number of nitrogens with one attached hydrogen (secondary N) is 1. The number of hydrogen-bond donors (Lipinski definition) is 2. The molecule has 0 heterocycles. The normalized spacial score (nSPS) is 16.5. The Kier molecular flexibility index (Phi) is 5.28. The van der Waals surface area contributed by atoms with E-state index in [2.05, 4.69) is 5.32 Å². The summed E-state index contributed by atoms with van der Waals surface area (Å²) >= 11 is 0. The predicted octanol–water partition coefficient (Wildman–Crippen LogP) is 0.781. The summed E-state index contributed by atoms with van der Waals surface area (Å²) in [6.07, 6.45) is 0.395. The Morgan fingerprint density at radius 1 is 1.47 bits per heavy atom. The van der Waals surface area contributed by atoms with Gasteiger partial charge in [-0.1, -0.05) is 6.92 Å². The van der Waals surface area contributed by atoms with Crippen molar-refractivity contribution in [2.75, 3.05) is 6.61 Å². The molecule has 2 unspecified atom stereocenters. The van der Waals surface area contributed by atoms with Gasteiger partial charge in [-0.25, -0.2) is 0 Å². The minimum Gasteiger partial charge on any atom is -0.480 e. The highest BCUT2D eigenvalue weighted by Gasteiger charge is 2.34.